The average Bonchev–Trinajstić information content (AvgIpc) is 2.55. The normalized spacial score (nSPS) is 21.4. The van der Waals surface area contributed by atoms with Crippen LogP contribution in [-0.2, 0) is 9.59 Å². The maximum atomic E-state index is 11.9. The quantitative estimate of drug-likeness (QED) is 0.729. The molecule has 1 aliphatic heterocycles. The predicted octanol–water partition coefficient (Wildman–Crippen LogP) is 1.26. The van der Waals surface area contributed by atoms with E-state index in [0.717, 1.165) is 13.0 Å². The fourth-order valence-corrected chi connectivity index (χ4v) is 1.97. The summed E-state index contributed by atoms with van der Waals surface area (Å²) in [5, 5.41) is 3.21. The number of carbonyl (C=O) groups is 2. The zero-order chi connectivity index (χ0) is 13.1. The highest BCUT2D eigenvalue weighted by atomic mass is 32.2. The Bertz CT molecular complexity index is 305. The lowest BCUT2D eigenvalue weighted by atomic mass is 10.1. The van der Waals surface area contributed by atoms with E-state index in [9.17, 15) is 9.59 Å². The Balaban J connectivity index is 2.52. The minimum Gasteiger partial charge on any atom is -0.304 e. The van der Waals surface area contributed by atoms with Crippen LogP contribution in [0.25, 0.3) is 0 Å². The molecule has 1 saturated heterocycles. The topological polar surface area (TPSA) is 49.4 Å². The molecule has 0 aromatic carbocycles. The third-order valence-electron chi connectivity index (χ3n) is 3.02. The lowest BCUT2D eigenvalue weighted by Crippen LogP contribution is -2.43. The molecule has 17 heavy (non-hydrogen) atoms. The molecule has 1 rings (SSSR count). The van der Waals surface area contributed by atoms with Gasteiger partial charge in [0.2, 0.25) is 11.8 Å². The average molecular weight is 258 g/mol. The molecule has 0 spiro atoms. The van der Waals surface area contributed by atoms with Gasteiger partial charge in [0.05, 0.1) is 12.5 Å². The molecule has 1 heterocycles. The first-order valence-corrected chi connectivity index (χ1v) is 7.26. The highest BCUT2D eigenvalue weighted by Gasteiger charge is 2.38. The standard InChI is InChI=1S/C12H22N2O2S/c1-5-6-14-10(15)7-9(11(14)16)13-8-12(2,3)17-4/h9,13H,5-8H2,1-4H3. The molecule has 1 unspecified atom stereocenters. The van der Waals surface area contributed by atoms with Crippen molar-refractivity contribution in [2.24, 2.45) is 0 Å². The zero-order valence-electron chi connectivity index (χ0n) is 11.1. The second-order valence-electron chi connectivity index (χ2n) is 4.99. The van der Waals surface area contributed by atoms with Crippen molar-refractivity contribution in [3.05, 3.63) is 0 Å². The molecule has 1 fully saturated rings. The summed E-state index contributed by atoms with van der Waals surface area (Å²) in [5.74, 6) is -0.106. The van der Waals surface area contributed by atoms with Gasteiger partial charge in [0.15, 0.2) is 0 Å². The third-order valence-corrected chi connectivity index (χ3v) is 4.27. The Morgan fingerprint density at radius 3 is 2.65 bits per heavy atom. The van der Waals surface area contributed by atoms with Crippen molar-refractivity contribution in [2.75, 3.05) is 19.3 Å². The lowest BCUT2D eigenvalue weighted by Gasteiger charge is -2.24. The van der Waals surface area contributed by atoms with E-state index < -0.39 is 0 Å². The molecule has 1 N–H and O–H groups in total. The highest BCUT2D eigenvalue weighted by molar-refractivity contribution is 7.99. The van der Waals surface area contributed by atoms with Crippen LogP contribution in [0, 0.1) is 0 Å². The summed E-state index contributed by atoms with van der Waals surface area (Å²) in [6.07, 6.45) is 3.18. The first-order chi connectivity index (χ1) is 7.91. The Morgan fingerprint density at radius 1 is 1.47 bits per heavy atom. The monoisotopic (exact) mass is 258 g/mol. The second-order valence-corrected chi connectivity index (χ2v) is 6.50. The SMILES string of the molecule is CCCN1C(=O)CC(NCC(C)(C)SC)C1=O. The maximum absolute atomic E-state index is 11.9. The molecule has 1 atom stereocenters. The first kappa shape index (κ1) is 14.5. The Kier molecular flexibility index (Phi) is 5.01. The molecule has 1 aliphatic rings. The van der Waals surface area contributed by atoms with Crippen LogP contribution in [-0.4, -0.2) is 46.8 Å². The number of likely N-dealkylation sites (tertiary alicyclic amines) is 1. The van der Waals surface area contributed by atoms with Crippen LogP contribution in [0.3, 0.4) is 0 Å². The van der Waals surface area contributed by atoms with Gasteiger partial charge in [0, 0.05) is 17.8 Å². The molecule has 5 heteroatoms. The van der Waals surface area contributed by atoms with Gasteiger partial charge in [-0.05, 0) is 26.5 Å². The van der Waals surface area contributed by atoms with Crippen molar-refractivity contribution in [2.45, 2.75) is 44.4 Å². The molecule has 0 bridgehead atoms. The van der Waals surface area contributed by atoms with Gasteiger partial charge in [-0.1, -0.05) is 6.92 Å². The molecule has 4 nitrogen and oxygen atoms in total. The van der Waals surface area contributed by atoms with Crippen LogP contribution in [0.1, 0.15) is 33.6 Å². The smallest absolute Gasteiger partial charge is 0.246 e. The van der Waals surface area contributed by atoms with Crippen LogP contribution in [0.15, 0.2) is 0 Å². The van der Waals surface area contributed by atoms with Gasteiger partial charge in [-0.15, -0.1) is 0 Å². The Labute approximate surface area is 108 Å². The number of nitrogens with one attached hydrogen (secondary N) is 1. The van der Waals surface area contributed by atoms with Crippen LogP contribution in [0.5, 0.6) is 0 Å². The molecule has 0 aromatic heterocycles. The van der Waals surface area contributed by atoms with Crippen molar-refractivity contribution in [3.8, 4) is 0 Å². The number of rotatable bonds is 6. The molecule has 0 aromatic rings. The zero-order valence-corrected chi connectivity index (χ0v) is 11.9. The number of nitrogens with zero attached hydrogens (tertiary/aromatic N) is 1. The maximum Gasteiger partial charge on any atom is 0.246 e. The van der Waals surface area contributed by atoms with E-state index in [1.807, 2.05) is 13.2 Å². The largest absolute Gasteiger partial charge is 0.304 e. The van der Waals surface area contributed by atoms with E-state index >= 15 is 0 Å². The van der Waals surface area contributed by atoms with E-state index in [1.54, 1.807) is 11.8 Å². The third kappa shape index (κ3) is 3.71. The first-order valence-electron chi connectivity index (χ1n) is 6.04. The van der Waals surface area contributed by atoms with E-state index in [1.165, 1.54) is 4.90 Å². The molecule has 2 amide bonds. The van der Waals surface area contributed by atoms with E-state index in [2.05, 4.69) is 19.2 Å². The minimum atomic E-state index is -0.319. The molecule has 0 aliphatic carbocycles. The fraction of sp³-hybridized carbons (Fsp3) is 0.833. The molecular formula is C12H22N2O2S. The second kappa shape index (κ2) is 5.87. The molecule has 0 radical (unpaired) electrons. The van der Waals surface area contributed by atoms with Crippen LogP contribution >= 0.6 is 11.8 Å². The summed E-state index contributed by atoms with van der Waals surface area (Å²) in [6, 6.07) is -0.319. The fourth-order valence-electron chi connectivity index (χ4n) is 1.74. The van der Waals surface area contributed by atoms with Crippen LogP contribution in [0.2, 0.25) is 0 Å². The van der Waals surface area contributed by atoms with E-state index in [-0.39, 0.29) is 22.6 Å². The summed E-state index contributed by atoms with van der Waals surface area (Å²) in [6.45, 7) is 7.49. The van der Waals surface area contributed by atoms with Crippen LogP contribution in [0.4, 0.5) is 0 Å². The lowest BCUT2D eigenvalue weighted by molar-refractivity contribution is -0.138. The number of thioether (sulfide) groups is 1. The molecular weight excluding hydrogens is 236 g/mol. The predicted molar refractivity (Wildman–Crippen MR) is 71.0 cm³/mol. The van der Waals surface area contributed by atoms with Gasteiger partial charge in [-0.3, -0.25) is 14.5 Å². The highest BCUT2D eigenvalue weighted by Crippen LogP contribution is 2.21. The van der Waals surface area contributed by atoms with Gasteiger partial charge in [-0.2, -0.15) is 11.8 Å². The van der Waals surface area contributed by atoms with Gasteiger partial charge in [0.25, 0.3) is 0 Å². The van der Waals surface area contributed by atoms with E-state index in [4.69, 9.17) is 0 Å². The number of hydrogen-bond acceptors (Lipinski definition) is 4. The summed E-state index contributed by atoms with van der Waals surface area (Å²) < 4.78 is 0.0848. The number of hydrogen-bond donors (Lipinski definition) is 1. The Morgan fingerprint density at radius 2 is 2.12 bits per heavy atom. The van der Waals surface area contributed by atoms with E-state index in [0.29, 0.717) is 13.0 Å². The number of imide groups is 1. The number of amides is 2. The van der Waals surface area contributed by atoms with Gasteiger partial charge in [0.1, 0.15) is 0 Å². The number of carbonyl (C=O) groups excluding carboxylic acids is 2. The molecule has 0 saturated carbocycles. The van der Waals surface area contributed by atoms with Crippen LogP contribution < -0.4 is 5.32 Å². The van der Waals surface area contributed by atoms with Gasteiger partial charge < -0.3 is 5.32 Å². The van der Waals surface area contributed by atoms with Gasteiger partial charge >= 0.3 is 0 Å². The van der Waals surface area contributed by atoms with Crippen molar-refractivity contribution in [1.29, 1.82) is 0 Å². The minimum absolute atomic E-state index is 0.0451. The van der Waals surface area contributed by atoms with Crippen molar-refractivity contribution in [3.63, 3.8) is 0 Å². The summed E-state index contributed by atoms with van der Waals surface area (Å²) in [4.78, 5) is 25.0. The summed E-state index contributed by atoms with van der Waals surface area (Å²) in [7, 11) is 0. The van der Waals surface area contributed by atoms with Crippen molar-refractivity contribution < 1.29 is 9.59 Å². The van der Waals surface area contributed by atoms with Crippen molar-refractivity contribution in [1.82, 2.24) is 10.2 Å². The summed E-state index contributed by atoms with van der Waals surface area (Å²) in [5.41, 5.74) is 0. The van der Waals surface area contributed by atoms with Gasteiger partial charge in [-0.25, -0.2) is 0 Å². The van der Waals surface area contributed by atoms with Crippen molar-refractivity contribution >= 4 is 23.6 Å². The molecule has 98 valence electrons. The summed E-state index contributed by atoms with van der Waals surface area (Å²) >= 11 is 1.75. The Hall–Kier alpha value is -0.550.